The maximum Gasteiger partial charge on any atom is 0.416 e. The number of nitrogens with one attached hydrogen (secondary N) is 1. The van der Waals surface area contributed by atoms with Gasteiger partial charge in [-0.15, -0.1) is 0 Å². The van der Waals surface area contributed by atoms with Crippen molar-refractivity contribution in [3.63, 3.8) is 0 Å². The molecule has 9 heteroatoms. The number of rotatable bonds is 4. The Morgan fingerprint density at radius 1 is 0.971 bits per heavy atom. The first-order valence-corrected chi connectivity index (χ1v) is 11.8. The van der Waals surface area contributed by atoms with Gasteiger partial charge in [0, 0.05) is 32.1 Å². The molecule has 0 radical (unpaired) electrons. The maximum atomic E-state index is 13.4. The van der Waals surface area contributed by atoms with Gasteiger partial charge in [0.1, 0.15) is 5.52 Å². The van der Waals surface area contributed by atoms with Gasteiger partial charge < -0.3 is 19.5 Å². The predicted octanol–water partition coefficient (Wildman–Crippen LogP) is 5.69. The Labute approximate surface area is 195 Å². The van der Waals surface area contributed by atoms with Gasteiger partial charge in [0.15, 0.2) is 5.58 Å². The summed E-state index contributed by atoms with van der Waals surface area (Å²) in [5.41, 5.74) is 1.64. The number of fused-ring (bicyclic) bond motifs is 1. The number of benzene rings is 2. The van der Waals surface area contributed by atoms with Gasteiger partial charge in [0.05, 0.1) is 16.9 Å². The Balaban J connectivity index is 1.29. The fourth-order valence-electron chi connectivity index (χ4n) is 4.79. The van der Waals surface area contributed by atoms with Gasteiger partial charge in [-0.2, -0.15) is 18.2 Å². The normalized spacial score (nSPS) is 17.9. The van der Waals surface area contributed by atoms with Crippen LogP contribution in [-0.4, -0.2) is 37.1 Å². The lowest BCUT2D eigenvalue weighted by atomic mass is 9.96. The van der Waals surface area contributed by atoms with Crippen molar-refractivity contribution in [2.45, 2.75) is 38.3 Å². The summed E-state index contributed by atoms with van der Waals surface area (Å²) in [6, 6.07) is 11.7. The van der Waals surface area contributed by atoms with Crippen LogP contribution in [0.1, 0.15) is 37.7 Å². The lowest BCUT2D eigenvalue weighted by molar-refractivity contribution is -0.137. The zero-order chi connectivity index (χ0) is 23.7. The number of piperidine rings is 2. The first kappa shape index (κ1) is 22.6. The molecule has 0 aliphatic carbocycles. The van der Waals surface area contributed by atoms with E-state index in [1.54, 1.807) is 0 Å². The molecule has 34 heavy (non-hydrogen) atoms. The van der Waals surface area contributed by atoms with E-state index in [0.29, 0.717) is 43.2 Å². The maximum absolute atomic E-state index is 13.4. The number of hydrogen-bond acceptors (Lipinski definition) is 5. The molecule has 0 atom stereocenters. The van der Waals surface area contributed by atoms with E-state index in [2.05, 4.69) is 15.2 Å². The van der Waals surface area contributed by atoms with Crippen molar-refractivity contribution in [3.8, 4) is 0 Å². The van der Waals surface area contributed by atoms with Crippen molar-refractivity contribution >= 4 is 34.4 Å². The summed E-state index contributed by atoms with van der Waals surface area (Å²) < 4.78 is 45.9. The van der Waals surface area contributed by atoms with Gasteiger partial charge in [-0.25, -0.2) is 0 Å². The van der Waals surface area contributed by atoms with Gasteiger partial charge in [-0.1, -0.05) is 12.1 Å². The number of carbonyl (C=O) groups is 1. The fraction of sp³-hybridized carbons (Fsp3) is 0.440. The molecule has 0 unspecified atom stereocenters. The summed E-state index contributed by atoms with van der Waals surface area (Å²) in [5.74, 6) is -0.529. The van der Waals surface area contributed by atoms with Gasteiger partial charge in [0.25, 0.3) is 6.01 Å². The first-order valence-electron chi connectivity index (χ1n) is 11.8. The predicted molar refractivity (Wildman–Crippen MR) is 125 cm³/mol. The molecule has 0 bridgehead atoms. The molecule has 2 fully saturated rings. The van der Waals surface area contributed by atoms with Crippen molar-refractivity contribution in [1.82, 2.24) is 4.98 Å². The first-order chi connectivity index (χ1) is 16.4. The van der Waals surface area contributed by atoms with Crippen LogP contribution in [-0.2, 0) is 11.0 Å². The Morgan fingerprint density at radius 2 is 1.71 bits per heavy atom. The van der Waals surface area contributed by atoms with Gasteiger partial charge in [-0.05, 0) is 62.4 Å². The monoisotopic (exact) mass is 472 g/mol. The van der Waals surface area contributed by atoms with Crippen LogP contribution in [0, 0.1) is 5.92 Å². The number of oxazole rings is 1. The molecule has 3 aromatic rings. The number of aromatic nitrogens is 1. The van der Waals surface area contributed by atoms with E-state index < -0.39 is 11.7 Å². The molecule has 0 saturated carbocycles. The molecule has 1 aromatic heterocycles. The topological polar surface area (TPSA) is 61.6 Å². The van der Waals surface area contributed by atoms with Crippen LogP contribution in [0.2, 0.25) is 0 Å². The second-order valence-corrected chi connectivity index (χ2v) is 8.99. The van der Waals surface area contributed by atoms with Gasteiger partial charge >= 0.3 is 6.18 Å². The molecular formula is C25H27F3N4O2. The average Bonchev–Trinajstić information content (AvgIpc) is 3.28. The van der Waals surface area contributed by atoms with Crippen LogP contribution in [0.15, 0.2) is 46.9 Å². The molecule has 2 aliphatic rings. The lowest BCUT2D eigenvalue weighted by Gasteiger charge is -2.32. The van der Waals surface area contributed by atoms with Crippen LogP contribution in [0.25, 0.3) is 11.1 Å². The van der Waals surface area contributed by atoms with E-state index >= 15 is 0 Å². The van der Waals surface area contributed by atoms with Gasteiger partial charge in [0.2, 0.25) is 5.91 Å². The van der Waals surface area contributed by atoms with Crippen LogP contribution in [0.4, 0.5) is 30.6 Å². The highest BCUT2D eigenvalue weighted by Gasteiger charge is 2.33. The minimum absolute atomic E-state index is 0.239. The standard InChI is InChI=1S/C25H27F3N4O2/c26-25(27,28)18-8-9-21(31-12-4-1-5-13-31)20(16-18)29-23(33)17-10-14-32(15-11-17)24-30-19-6-2-3-7-22(19)34-24/h2-3,6-9,16-17H,1,4-5,10-15H2,(H,29,33). The number of para-hydroxylation sites is 2. The van der Waals surface area contributed by atoms with E-state index in [0.717, 1.165) is 50.0 Å². The summed E-state index contributed by atoms with van der Waals surface area (Å²) in [4.78, 5) is 21.7. The molecular weight excluding hydrogens is 445 g/mol. The summed E-state index contributed by atoms with van der Waals surface area (Å²) in [6.07, 6.45) is -0.237. The number of carbonyl (C=O) groups excluding carboxylic acids is 1. The minimum atomic E-state index is -4.47. The summed E-state index contributed by atoms with van der Waals surface area (Å²) in [7, 11) is 0. The third-order valence-electron chi connectivity index (χ3n) is 6.70. The summed E-state index contributed by atoms with van der Waals surface area (Å²) >= 11 is 0. The van der Waals surface area contributed by atoms with E-state index in [1.807, 2.05) is 29.2 Å². The molecule has 180 valence electrons. The smallest absolute Gasteiger partial charge is 0.416 e. The molecule has 2 aliphatic heterocycles. The lowest BCUT2D eigenvalue weighted by Crippen LogP contribution is -2.38. The van der Waals surface area contributed by atoms with Crippen LogP contribution in [0.3, 0.4) is 0 Å². The van der Waals surface area contributed by atoms with Crippen LogP contribution >= 0.6 is 0 Å². The second kappa shape index (κ2) is 9.19. The molecule has 2 aromatic carbocycles. The highest BCUT2D eigenvalue weighted by molar-refractivity contribution is 5.96. The average molecular weight is 473 g/mol. The van der Waals surface area contributed by atoms with Crippen molar-refractivity contribution in [2.75, 3.05) is 41.3 Å². The van der Waals surface area contributed by atoms with Crippen LogP contribution in [0.5, 0.6) is 0 Å². The quantitative estimate of drug-likeness (QED) is 0.529. The summed E-state index contributed by atoms with van der Waals surface area (Å²) in [5, 5.41) is 2.83. The largest absolute Gasteiger partial charge is 0.423 e. The zero-order valence-corrected chi connectivity index (χ0v) is 18.8. The highest BCUT2D eigenvalue weighted by atomic mass is 19.4. The molecule has 6 nitrogen and oxygen atoms in total. The van der Waals surface area contributed by atoms with Crippen molar-refractivity contribution in [3.05, 3.63) is 48.0 Å². The third-order valence-corrected chi connectivity index (χ3v) is 6.70. The summed E-state index contributed by atoms with van der Waals surface area (Å²) in [6.45, 7) is 2.73. The Kier molecular flexibility index (Phi) is 6.10. The van der Waals surface area contributed by atoms with Crippen molar-refractivity contribution < 1.29 is 22.4 Å². The zero-order valence-electron chi connectivity index (χ0n) is 18.8. The van der Waals surface area contributed by atoms with Crippen LogP contribution < -0.4 is 15.1 Å². The van der Waals surface area contributed by atoms with Crippen molar-refractivity contribution in [1.29, 1.82) is 0 Å². The number of amides is 1. The van der Waals surface area contributed by atoms with E-state index in [-0.39, 0.29) is 17.5 Å². The number of anilines is 3. The molecule has 0 spiro atoms. The second-order valence-electron chi connectivity index (χ2n) is 8.99. The van der Waals surface area contributed by atoms with E-state index in [1.165, 1.54) is 6.07 Å². The van der Waals surface area contributed by atoms with Gasteiger partial charge in [-0.3, -0.25) is 4.79 Å². The third kappa shape index (κ3) is 4.69. The SMILES string of the molecule is O=C(Nc1cc(C(F)(F)F)ccc1N1CCCCC1)C1CCN(c2nc3ccccc3o2)CC1. The number of alkyl halides is 3. The molecule has 3 heterocycles. The highest BCUT2D eigenvalue weighted by Crippen LogP contribution is 2.37. The number of hydrogen-bond donors (Lipinski definition) is 1. The fourth-order valence-corrected chi connectivity index (χ4v) is 4.79. The molecule has 1 amide bonds. The molecule has 2 saturated heterocycles. The van der Waals surface area contributed by atoms with E-state index in [9.17, 15) is 18.0 Å². The number of nitrogens with zero attached hydrogens (tertiary/aromatic N) is 3. The van der Waals surface area contributed by atoms with E-state index in [4.69, 9.17) is 4.42 Å². The molecule has 1 N–H and O–H groups in total. The number of halogens is 3. The Hall–Kier alpha value is -3.23. The van der Waals surface area contributed by atoms with Crippen molar-refractivity contribution in [2.24, 2.45) is 5.92 Å². The Bertz CT molecular complexity index is 1130. The Morgan fingerprint density at radius 3 is 2.41 bits per heavy atom. The minimum Gasteiger partial charge on any atom is -0.423 e. The molecule has 5 rings (SSSR count).